The maximum atomic E-state index is 13.0. The molecule has 1 aliphatic rings. The predicted molar refractivity (Wildman–Crippen MR) is 90.6 cm³/mol. The number of halogens is 3. The summed E-state index contributed by atoms with van der Waals surface area (Å²) in [5, 5.41) is 2.48. The van der Waals surface area contributed by atoms with Gasteiger partial charge in [-0.15, -0.1) is 11.8 Å². The number of hydrogen-bond donors (Lipinski definition) is 2. The summed E-state index contributed by atoms with van der Waals surface area (Å²) in [6, 6.07) is 3.27. The summed E-state index contributed by atoms with van der Waals surface area (Å²) in [5.41, 5.74) is 4.29. The van der Waals surface area contributed by atoms with Crippen LogP contribution in [0.1, 0.15) is 24.8 Å². The van der Waals surface area contributed by atoms with E-state index < -0.39 is 23.6 Å². The molecule has 6 nitrogen and oxygen atoms in total. The van der Waals surface area contributed by atoms with E-state index in [2.05, 4.69) is 5.32 Å². The van der Waals surface area contributed by atoms with E-state index in [1.54, 1.807) is 0 Å². The van der Waals surface area contributed by atoms with Gasteiger partial charge >= 0.3 is 6.18 Å². The Morgan fingerprint density at radius 2 is 2.00 bits per heavy atom. The number of nitrogens with two attached hydrogens (primary N) is 1. The first-order valence-electron chi connectivity index (χ1n) is 7.88. The fourth-order valence-corrected chi connectivity index (χ4v) is 3.39. The highest BCUT2D eigenvalue weighted by Crippen LogP contribution is 2.39. The van der Waals surface area contributed by atoms with Gasteiger partial charge in [0.25, 0.3) is 0 Å². The van der Waals surface area contributed by atoms with Gasteiger partial charge in [-0.2, -0.15) is 13.2 Å². The summed E-state index contributed by atoms with van der Waals surface area (Å²) >= 11 is 1.31. The van der Waals surface area contributed by atoms with Gasteiger partial charge in [0.1, 0.15) is 0 Å². The third-order valence-electron chi connectivity index (χ3n) is 3.71. The van der Waals surface area contributed by atoms with Crippen LogP contribution >= 0.6 is 11.8 Å². The Balaban J connectivity index is 2.13. The van der Waals surface area contributed by atoms with E-state index in [4.69, 9.17) is 5.73 Å². The lowest BCUT2D eigenvalue weighted by atomic mass is 10.1. The van der Waals surface area contributed by atoms with Gasteiger partial charge in [0.2, 0.25) is 17.7 Å². The van der Waals surface area contributed by atoms with Crippen molar-refractivity contribution in [3.8, 4) is 0 Å². The smallest absolute Gasteiger partial charge is 0.370 e. The van der Waals surface area contributed by atoms with Crippen LogP contribution in [0, 0.1) is 0 Å². The zero-order chi connectivity index (χ0) is 19.3. The van der Waals surface area contributed by atoms with Crippen molar-refractivity contribution in [2.75, 3.05) is 23.7 Å². The molecule has 0 bridgehead atoms. The van der Waals surface area contributed by atoms with Gasteiger partial charge in [-0.25, -0.2) is 0 Å². The van der Waals surface area contributed by atoms with E-state index in [0.717, 1.165) is 12.1 Å². The highest BCUT2D eigenvalue weighted by molar-refractivity contribution is 7.99. The second-order valence-corrected chi connectivity index (χ2v) is 6.78. The maximum absolute atomic E-state index is 13.0. The molecule has 0 aromatic heterocycles. The van der Waals surface area contributed by atoms with Crippen molar-refractivity contribution in [1.82, 2.24) is 5.32 Å². The van der Waals surface area contributed by atoms with Crippen molar-refractivity contribution < 1.29 is 27.6 Å². The van der Waals surface area contributed by atoms with Gasteiger partial charge in [-0.1, -0.05) is 0 Å². The molecule has 2 rings (SSSR count). The lowest BCUT2D eigenvalue weighted by Gasteiger charge is -2.23. The minimum absolute atomic E-state index is 0.0111. The number of carbonyl (C=O) groups excluding carboxylic acids is 3. The third kappa shape index (κ3) is 5.38. The summed E-state index contributed by atoms with van der Waals surface area (Å²) in [6.45, 7) is 0.0306. The standard InChI is InChI=1S/C16H18F3N3O3S/c17-16(18,19)10-1-2-12-11(9-10)22(15(25)5-8-26-12)7-4-14(24)21-6-3-13(20)23/h1-2,9H,3-8H2,(H2,20,23)(H,21,24). The molecule has 1 aliphatic heterocycles. The van der Waals surface area contributed by atoms with E-state index in [-0.39, 0.29) is 43.9 Å². The zero-order valence-electron chi connectivity index (χ0n) is 13.8. The fraction of sp³-hybridized carbons (Fsp3) is 0.438. The summed E-state index contributed by atoms with van der Waals surface area (Å²) in [7, 11) is 0. The Labute approximate surface area is 152 Å². The van der Waals surface area contributed by atoms with Crippen LogP contribution in [0.5, 0.6) is 0 Å². The molecule has 1 heterocycles. The molecule has 0 unspecified atom stereocenters. The number of anilines is 1. The van der Waals surface area contributed by atoms with Crippen molar-refractivity contribution in [3.63, 3.8) is 0 Å². The van der Waals surface area contributed by atoms with Crippen LogP contribution in [-0.2, 0) is 20.6 Å². The summed E-state index contributed by atoms with van der Waals surface area (Å²) in [6.07, 6.45) is -4.45. The number of rotatable bonds is 6. The van der Waals surface area contributed by atoms with Gasteiger partial charge in [-0.05, 0) is 18.2 Å². The van der Waals surface area contributed by atoms with Gasteiger partial charge in [0.15, 0.2) is 0 Å². The monoisotopic (exact) mass is 389 g/mol. The van der Waals surface area contributed by atoms with Crippen molar-refractivity contribution in [2.24, 2.45) is 5.73 Å². The van der Waals surface area contributed by atoms with Crippen LogP contribution in [-0.4, -0.2) is 36.6 Å². The number of benzene rings is 1. The molecule has 10 heteroatoms. The summed E-state index contributed by atoms with van der Waals surface area (Å²) in [5.74, 6) is -0.845. The molecule has 142 valence electrons. The van der Waals surface area contributed by atoms with Crippen LogP contribution in [0.4, 0.5) is 18.9 Å². The molecular formula is C16H18F3N3O3S. The average Bonchev–Trinajstić information content (AvgIpc) is 2.69. The van der Waals surface area contributed by atoms with E-state index >= 15 is 0 Å². The molecule has 0 saturated heterocycles. The Hall–Kier alpha value is -2.23. The molecule has 0 atom stereocenters. The van der Waals surface area contributed by atoms with Crippen LogP contribution in [0.15, 0.2) is 23.1 Å². The first kappa shape index (κ1) is 20.1. The topological polar surface area (TPSA) is 92.5 Å². The first-order chi connectivity index (χ1) is 12.2. The molecule has 0 aliphatic carbocycles. The molecule has 3 amide bonds. The van der Waals surface area contributed by atoms with Crippen LogP contribution in [0.2, 0.25) is 0 Å². The van der Waals surface area contributed by atoms with Crippen LogP contribution < -0.4 is 16.0 Å². The molecular weight excluding hydrogens is 371 g/mol. The molecule has 0 radical (unpaired) electrons. The first-order valence-corrected chi connectivity index (χ1v) is 8.86. The summed E-state index contributed by atoms with van der Waals surface area (Å²) in [4.78, 5) is 36.5. The Morgan fingerprint density at radius 3 is 2.65 bits per heavy atom. The van der Waals surface area contributed by atoms with E-state index in [1.807, 2.05) is 0 Å². The Bertz CT molecular complexity index is 710. The maximum Gasteiger partial charge on any atom is 0.416 e. The number of primary amides is 1. The molecule has 0 spiro atoms. The molecule has 3 N–H and O–H groups in total. The number of carbonyl (C=O) groups is 3. The van der Waals surface area contributed by atoms with Crippen molar-refractivity contribution in [1.29, 1.82) is 0 Å². The number of hydrogen-bond acceptors (Lipinski definition) is 4. The Morgan fingerprint density at radius 1 is 1.27 bits per heavy atom. The van der Waals surface area contributed by atoms with Crippen LogP contribution in [0.3, 0.4) is 0 Å². The lowest BCUT2D eigenvalue weighted by Crippen LogP contribution is -2.36. The number of nitrogens with one attached hydrogen (secondary N) is 1. The van der Waals surface area contributed by atoms with Gasteiger partial charge < -0.3 is 16.0 Å². The molecule has 1 aromatic rings. The van der Waals surface area contributed by atoms with Crippen molar-refractivity contribution in [3.05, 3.63) is 23.8 Å². The Kier molecular flexibility index (Phi) is 6.52. The zero-order valence-corrected chi connectivity index (χ0v) is 14.6. The molecule has 26 heavy (non-hydrogen) atoms. The highest BCUT2D eigenvalue weighted by atomic mass is 32.2. The van der Waals surface area contributed by atoms with E-state index in [0.29, 0.717) is 10.6 Å². The largest absolute Gasteiger partial charge is 0.416 e. The fourth-order valence-electron chi connectivity index (χ4n) is 2.42. The van der Waals surface area contributed by atoms with E-state index in [9.17, 15) is 27.6 Å². The van der Waals surface area contributed by atoms with Gasteiger partial charge in [-0.3, -0.25) is 14.4 Å². The molecule has 1 aromatic carbocycles. The third-order valence-corrected chi connectivity index (χ3v) is 4.77. The number of amides is 3. The van der Waals surface area contributed by atoms with Crippen LogP contribution in [0.25, 0.3) is 0 Å². The normalized spacial score (nSPS) is 14.6. The second kappa shape index (κ2) is 8.43. The molecule has 0 saturated carbocycles. The number of alkyl halides is 3. The average molecular weight is 389 g/mol. The van der Waals surface area contributed by atoms with Gasteiger partial charge in [0.05, 0.1) is 11.3 Å². The van der Waals surface area contributed by atoms with Crippen molar-refractivity contribution >= 4 is 35.2 Å². The highest BCUT2D eigenvalue weighted by Gasteiger charge is 2.33. The quantitative estimate of drug-likeness (QED) is 0.778. The number of nitrogens with zero attached hydrogens (tertiary/aromatic N) is 1. The minimum Gasteiger partial charge on any atom is -0.370 e. The number of fused-ring (bicyclic) bond motifs is 1. The van der Waals surface area contributed by atoms with E-state index in [1.165, 1.54) is 22.7 Å². The van der Waals surface area contributed by atoms with Gasteiger partial charge in [0, 0.05) is 43.0 Å². The summed E-state index contributed by atoms with van der Waals surface area (Å²) < 4.78 is 39.0. The minimum atomic E-state index is -4.52. The lowest BCUT2D eigenvalue weighted by molar-refractivity contribution is -0.137. The molecule has 0 fully saturated rings. The predicted octanol–water partition coefficient (Wildman–Crippen LogP) is 1.92. The van der Waals surface area contributed by atoms with Crippen molar-refractivity contribution in [2.45, 2.75) is 30.3 Å². The second-order valence-electron chi connectivity index (χ2n) is 5.64. The number of thioether (sulfide) groups is 1. The SMILES string of the molecule is NC(=O)CCNC(=O)CCN1C(=O)CCSc2ccc(C(F)(F)F)cc21.